The van der Waals surface area contributed by atoms with Crippen molar-refractivity contribution in [1.82, 2.24) is 10.2 Å². The van der Waals surface area contributed by atoms with E-state index < -0.39 is 11.2 Å². The van der Waals surface area contributed by atoms with E-state index in [9.17, 15) is 13.2 Å². The number of aromatic nitrogens is 2. The molecule has 8 heteroatoms. The van der Waals surface area contributed by atoms with E-state index in [-0.39, 0.29) is 5.13 Å². The van der Waals surface area contributed by atoms with E-state index in [1.807, 2.05) is 24.3 Å². The molecule has 0 spiro atoms. The van der Waals surface area contributed by atoms with Crippen LogP contribution in [-0.2, 0) is 19.3 Å². The number of hydrogen-bond acceptors (Lipinski definition) is 5. The fourth-order valence-electron chi connectivity index (χ4n) is 1.68. The van der Waals surface area contributed by atoms with Gasteiger partial charge < -0.3 is 10.6 Å². The lowest BCUT2D eigenvalue weighted by atomic mass is 10.1. The van der Waals surface area contributed by atoms with Gasteiger partial charge in [-0.05, 0) is 11.1 Å². The zero-order chi connectivity index (χ0) is 14.8. The molecule has 2 rings (SSSR count). The van der Waals surface area contributed by atoms with Gasteiger partial charge in [-0.3, -0.25) is 0 Å². The van der Waals surface area contributed by atoms with Gasteiger partial charge in [0, 0.05) is 20.1 Å². The van der Waals surface area contributed by atoms with Crippen LogP contribution in [0.3, 0.4) is 0 Å². The van der Waals surface area contributed by atoms with Gasteiger partial charge in [-0.25, -0.2) is 0 Å². The van der Waals surface area contributed by atoms with Crippen molar-refractivity contribution in [3.63, 3.8) is 0 Å². The predicted molar refractivity (Wildman–Crippen MR) is 71.4 cm³/mol. The Labute approximate surface area is 118 Å². The Morgan fingerprint density at radius 2 is 1.95 bits per heavy atom. The van der Waals surface area contributed by atoms with Gasteiger partial charge >= 0.3 is 6.18 Å². The molecule has 0 fully saturated rings. The van der Waals surface area contributed by atoms with Crippen LogP contribution in [0.5, 0.6) is 0 Å². The minimum Gasteiger partial charge on any atom is -0.345 e. The zero-order valence-corrected chi connectivity index (χ0v) is 11.5. The van der Waals surface area contributed by atoms with Crippen molar-refractivity contribution in [2.24, 2.45) is 5.73 Å². The SMILES string of the molecule is CN(Cc1cccc(CN)c1)c1nnc(C(F)(F)F)s1. The van der Waals surface area contributed by atoms with Crippen molar-refractivity contribution >= 4 is 16.5 Å². The Balaban J connectivity index is 2.11. The van der Waals surface area contributed by atoms with Crippen LogP contribution < -0.4 is 10.6 Å². The highest BCUT2D eigenvalue weighted by atomic mass is 32.1. The van der Waals surface area contributed by atoms with Crippen LogP contribution >= 0.6 is 11.3 Å². The van der Waals surface area contributed by atoms with Gasteiger partial charge in [0.05, 0.1) is 0 Å². The molecule has 0 radical (unpaired) electrons. The second-order valence-corrected chi connectivity index (χ2v) is 5.22. The number of nitrogens with two attached hydrogens (primary N) is 1. The fourth-order valence-corrected chi connectivity index (χ4v) is 2.35. The molecule has 0 saturated carbocycles. The number of halogens is 3. The number of rotatable bonds is 4. The fraction of sp³-hybridized carbons (Fsp3) is 0.333. The van der Waals surface area contributed by atoms with Crippen molar-refractivity contribution in [3.8, 4) is 0 Å². The minimum atomic E-state index is -4.45. The van der Waals surface area contributed by atoms with Crippen molar-refractivity contribution < 1.29 is 13.2 Å². The molecule has 1 aromatic heterocycles. The third-order valence-corrected chi connectivity index (χ3v) is 3.71. The van der Waals surface area contributed by atoms with E-state index in [0.29, 0.717) is 24.4 Å². The summed E-state index contributed by atoms with van der Waals surface area (Å²) >= 11 is 0.531. The van der Waals surface area contributed by atoms with Gasteiger partial charge in [-0.2, -0.15) is 13.2 Å². The van der Waals surface area contributed by atoms with E-state index in [4.69, 9.17) is 5.73 Å². The van der Waals surface area contributed by atoms with Gasteiger partial charge in [0.15, 0.2) is 0 Å². The standard InChI is InChI=1S/C12H13F3N4S/c1-19(7-9-4-2-3-8(5-9)6-16)11-18-17-10(20-11)12(13,14)15/h2-5H,6-7,16H2,1H3. The second kappa shape index (κ2) is 5.76. The normalized spacial score (nSPS) is 11.7. The lowest BCUT2D eigenvalue weighted by molar-refractivity contribution is -0.138. The molecular weight excluding hydrogens is 289 g/mol. The summed E-state index contributed by atoms with van der Waals surface area (Å²) < 4.78 is 37.4. The molecule has 0 saturated heterocycles. The molecule has 2 N–H and O–H groups in total. The van der Waals surface area contributed by atoms with E-state index in [2.05, 4.69) is 10.2 Å². The zero-order valence-electron chi connectivity index (χ0n) is 10.7. The number of benzene rings is 1. The van der Waals surface area contributed by atoms with Crippen molar-refractivity contribution in [2.45, 2.75) is 19.3 Å². The van der Waals surface area contributed by atoms with Crippen LogP contribution in [0, 0.1) is 0 Å². The summed E-state index contributed by atoms with van der Waals surface area (Å²) in [6.07, 6.45) is -4.45. The monoisotopic (exact) mass is 302 g/mol. The summed E-state index contributed by atoms with van der Waals surface area (Å²) in [6, 6.07) is 7.58. The molecule has 0 bridgehead atoms. The van der Waals surface area contributed by atoms with Gasteiger partial charge in [-0.15, -0.1) is 10.2 Å². The highest BCUT2D eigenvalue weighted by molar-refractivity contribution is 7.15. The molecule has 0 unspecified atom stereocenters. The molecule has 0 aliphatic rings. The lowest BCUT2D eigenvalue weighted by Crippen LogP contribution is -2.16. The lowest BCUT2D eigenvalue weighted by Gasteiger charge is -2.15. The molecule has 0 amide bonds. The quantitative estimate of drug-likeness (QED) is 0.943. The Morgan fingerprint density at radius 1 is 1.25 bits per heavy atom. The predicted octanol–water partition coefficient (Wildman–Crippen LogP) is 2.65. The summed E-state index contributed by atoms with van der Waals surface area (Å²) in [5, 5.41) is 6.03. The summed E-state index contributed by atoms with van der Waals surface area (Å²) in [4.78, 5) is 1.63. The van der Waals surface area contributed by atoms with Gasteiger partial charge in [0.1, 0.15) is 0 Å². The van der Waals surface area contributed by atoms with Crippen LogP contribution in [-0.4, -0.2) is 17.2 Å². The van der Waals surface area contributed by atoms with Crippen LogP contribution in [0.1, 0.15) is 16.1 Å². The molecule has 20 heavy (non-hydrogen) atoms. The highest BCUT2D eigenvalue weighted by Crippen LogP contribution is 2.34. The molecule has 0 aliphatic carbocycles. The summed E-state index contributed by atoms with van der Waals surface area (Å²) in [5.41, 5.74) is 7.49. The molecule has 1 heterocycles. The van der Waals surface area contributed by atoms with Crippen molar-refractivity contribution in [3.05, 3.63) is 40.4 Å². The molecule has 0 aliphatic heterocycles. The first-order chi connectivity index (χ1) is 9.40. The number of anilines is 1. The van der Waals surface area contributed by atoms with E-state index in [1.165, 1.54) is 0 Å². The second-order valence-electron chi connectivity index (χ2n) is 4.27. The first kappa shape index (κ1) is 14.7. The minimum absolute atomic E-state index is 0.232. The van der Waals surface area contributed by atoms with E-state index >= 15 is 0 Å². The third-order valence-electron chi connectivity index (χ3n) is 2.63. The summed E-state index contributed by atoms with van der Waals surface area (Å²) in [5.74, 6) is 0. The number of hydrogen-bond donors (Lipinski definition) is 1. The maximum absolute atomic E-state index is 12.5. The largest absolute Gasteiger partial charge is 0.445 e. The smallest absolute Gasteiger partial charge is 0.345 e. The molecule has 2 aromatic rings. The average Bonchev–Trinajstić information content (AvgIpc) is 2.88. The van der Waals surface area contributed by atoms with Crippen LogP contribution in [0.15, 0.2) is 24.3 Å². The van der Waals surface area contributed by atoms with Gasteiger partial charge in [0.2, 0.25) is 10.1 Å². The summed E-state index contributed by atoms with van der Waals surface area (Å²) in [6.45, 7) is 0.870. The van der Waals surface area contributed by atoms with Crippen molar-refractivity contribution in [1.29, 1.82) is 0 Å². The summed E-state index contributed by atoms with van der Waals surface area (Å²) in [7, 11) is 1.68. The van der Waals surface area contributed by atoms with Crippen LogP contribution in [0.4, 0.5) is 18.3 Å². The number of alkyl halides is 3. The molecule has 108 valence electrons. The van der Waals surface area contributed by atoms with Crippen LogP contribution in [0.2, 0.25) is 0 Å². The highest BCUT2D eigenvalue weighted by Gasteiger charge is 2.36. The third kappa shape index (κ3) is 3.45. The first-order valence-corrected chi connectivity index (χ1v) is 6.61. The topological polar surface area (TPSA) is 55.0 Å². The Kier molecular flexibility index (Phi) is 4.24. The van der Waals surface area contributed by atoms with Gasteiger partial charge in [-0.1, -0.05) is 35.6 Å². The van der Waals surface area contributed by atoms with Crippen LogP contribution in [0.25, 0.3) is 0 Å². The Morgan fingerprint density at radius 3 is 2.55 bits per heavy atom. The number of nitrogens with zero attached hydrogens (tertiary/aromatic N) is 3. The maximum Gasteiger partial charge on any atom is 0.445 e. The molecule has 4 nitrogen and oxygen atoms in total. The molecule has 1 aromatic carbocycles. The van der Waals surface area contributed by atoms with E-state index in [0.717, 1.165) is 11.1 Å². The molecule has 0 atom stereocenters. The Hall–Kier alpha value is -1.67. The average molecular weight is 302 g/mol. The van der Waals surface area contributed by atoms with E-state index in [1.54, 1.807) is 11.9 Å². The van der Waals surface area contributed by atoms with Crippen molar-refractivity contribution in [2.75, 3.05) is 11.9 Å². The Bertz CT molecular complexity index is 582. The van der Waals surface area contributed by atoms with Gasteiger partial charge in [0.25, 0.3) is 0 Å². The molecular formula is C12H13F3N4S. The maximum atomic E-state index is 12.5. The first-order valence-electron chi connectivity index (χ1n) is 5.80.